The fourth-order valence-electron chi connectivity index (χ4n) is 2.48. The minimum absolute atomic E-state index is 0.383. The molecule has 0 radical (unpaired) electrons. The summed E-state index contributed by atoms with van der Waals surface area (Å²) in [6.45, 7) is 2.26. The van der Waals surface area contributed by atoms with E-state index in [1.807, 2.05) is 25.5 Å². The van der Waals surface area contributed by atoms with Crippen molar-refractivity contribution in [2.45, 2.75) is 18.9 Å². The molecule has 2 aromatic heterocycles. The van der Waals surface area contributed by atoms with Crippen LogP contribution in [0.5, 0.6) is 0 Å². The van der Waals surface area contributed by atoms with E-state index >= 15 is 0 Å². The molecule has 1 atom stereocenters. The Bertz CT molecular complexity index is 612. The first kappa shape index (κ1) is 14.6. The zero-order chi connectivity index (χ0) is 15.4. The van der Waals surface area contributed by atoms with E-state index in [9.17, 15) is 0 Å². The first-order valence-electron chi connectivity index (χ1n) is 7.36. The van der Waals surface area contributed by atoms with E-state index in [1.165, 1.54) is 0 Å². The highest BCUT2D eigenvalue weighted by Crippen LogP contribution is 2.25. The average Bonchev–Trinajstić information content (AvgIpc) is 3.10. The number of hydrogen-bond donors (Lipinski definition) is 1. The largest absolute Gasteiger partial charge is 0.381 e. The van der Waals surface area contributed by atoms with Crippen LogP contribution >= 0.6 is 0 Å². The van der Waals surface area contributed by atoms with E-state index in [4.69, 9.17) is 4.74 Å². The lowest BCUT2D eigenvalue weighted by Crippen LogP contribution is -2.19. The molecule has 2 aromatic rings. The SMILES string of the molecule is CNc1ncc(CN(C)c2cc([C@H]3CCOC3)ncn2)cn1. The van der Waals surface area contributed by atoms with Crippen molar-refractivity contribution in [3.8, 4) is 0 Å². The van der Waals surface area contributed by atoms with Crippen molar-refractivity contribution in [3.05, 3.63) is 36.0 Å². The molecule has 0 spiro atoms. The molecule has 0 aliphatic carbocycles. The van der Waals surface area contributed by atoms with Crippen LogP contribution in [0.2, 0.25) is 0 Å². The molecule has 22 heavy (non-hydrogen) atoms. The Hall–Kier alpha value is -2.28. The number of anilines is 2. The summed E-state index contributed by atoms with van der Waals surface area (Å²) in [6.07, 6.45) is 6.30. The minimum Gasteiger partial charge on any atom is -0.381 e. The van der Waals surface area contributed by atoms with Crippen LogP contribution in [0.3, 0.4) is 0 Å². The summed E-state index contributed by atoms with van der Waals surface area (Å²) in [7, 11) is 3.81. The van der Waals surface area contributed by atoms with Crippen LogP contribution in [-0.2, 0) is 11.3 Å². The summed E-state index contributed by atoms with van der Waals surface area (Å²) in [5.41, 5.74) is 2.09. The van der Waals surface area contributed by atoms with Crippen molar-refractivity contribution in [1.82, 2.24) is 19.9 Å². The summed E-state index contributed by atoms with van der Waals surface area (Å²) in [4.78, 5) is 19.3. The van der Waals surface area contributed by atoms with Gasteiger partial charge >= 0.3 is 0 Å². The molecular weight excluding hydrogens is 280 g/mol. The Morgan fingerprint density at radius 3 is 2.77 bits per heavy atom. The topological polar surface area (TPSA) is 76.1 Å². The second kappa shape index (κ2) is 6.65. The van der Waals surface area contributed by atoms with E-state index in [0.29, 0.717) is 18.4 Å². The van der Waals surface area contributed by atoms with E-state index in [0.717, 1.165) is 36.7 Å². The Balaban J connectivity index is 1.70. The van der Waals surface area contributed by atoms with Gasteiger partial charge in [-0.1, -0.05) is 0 Å². The average molecular weight is 300 g/mol. The molecule has 0 aromatic carbocycles. The third-order valence-electron chi connectivity index (χ3n) is 3.76. The van der Waals surface area contributed by atoms with Crippen molar-refractivity contribution in [2.75, 3.05) is 37.5 Å². The molecule has 1 saturated heterocycles. The van der Waals surface area contributed by atoms with Gasteiger partial charge in [0.1, 0.15) is 12.1 Å². The molecule has 0 unspecified atom stereocenters. The Morgan fingerprint density at radius 2 is 2.09 bits per heavy atom. The highest BCUT2D eigenvalue weighted by Gasteiger charge is 2.20. The summed E-state index contributed by atoms with van der Waals surface area (Å²) in [5.74, 6) is 1.90. The predicted molar refractivity (Wildman–Crippen MR) is 83.9 cm³/mol. The van der Waals surface area contributed by atoms with Crippen LogP contribution in [0.1, 0.15) is 23.6 Å². The van der Waals surface area contributed by atoms with Crippen molar-refractivity contribution >= 4 is 11.8 Å². The second-order valence-electron chi connectivity index (χ2n) is 5.38. The molecule has 1 aliphatic heterocycles. The maximum Gasteiger partial charge on any atom is 0.222 e. The Morgan fingerprint density at radius 1 is 1.27 bits per heavy atom. The maximum absolute atomic E-state index is 5.43. The van der Waals surface area contributed by atoms with Crippen LogP contribution in [0.25, 0.3) is 0 Å². The van der Waals surface area contributed by atoms with Gasteiger partial charge < -0.3 is 15.0 Å². The van der Waals surface area contributed by atoms with Gasteiger partial charge in [-0.05, 0) is 6.42 Å². The standard InChI is InChI=1S/C15H20N6O/c1-16-15-17-6-11(7-18-15)8-21(2)14-5-13(19-10-20-14)12-3-4-22-9-12/h5-7,10,12H,3-4,8-9H2,1-2H3,(H,16,17,18)/t12-/m0/s1. The summed E-state index contributed by atoms with van der Waals surface area (Å²) < 4.78 is 5.43. The van der Waals surface area contributed by atoms with Gasteiger partial charge in [-0.25, -0.2) is 19.9 Å². The summed E-state index contributed by atoms with van der Waals surface area (Å²) >= 11 is 0. The van der Waals surface area contributed by atoms with Crippen molar-refractivity contribution in [1.29, 1.82) is 0 Å². The number of ether oxygens (including phenoxy) is 1. The lowest BCUT2D eigenvalue weighted by molar-refractivity contribution is 0.193. The van der Waals surface area contributed by atoms with Gasteiger partial charge in [-0.3, -0.25) is 0 Å². The van der Waals surface area contributed by atoms with E-state index in [2.05, 4.69) is 30.2 Å². The normalized spacial score (nSPS) is 17.5. The van der Waals surface area contributed by atoms with E-state index in [1.54, 1.807) is 13.4 Å². The van der Waals surface area contributed by atoms with Gasteiger partial charge in [-0.2, -0.15) is 0 Å². The van der Waals surface area contributed by atoms with Crippen LogP contribution in [0, 0.1) is 0 Å². The molecule has 0 saturated carbocycles. The number of nitrogens with zero attached hydrogens (tertiary/aromatic N) is 5. The zero-order valence-corrected chi connectivity index (χ0v) is 12.9. The van der Waals surface area contributed by atoms with Gasteiger partial charge in [0.25, 0.3) is 0 Å². The lowest BCUT2D eigenvalue weighted by Gasteiger charge is -2.19. The third-order valence-corrected chi connectivity index (χ3v) is 3.76. The molecule has 0 amide bonds. The molecule has 116 valence electrons. The predicted octanol–water partition coefficient (Wildman–Crippen LogP) is 1.45. The van der Waals surface area contributed by atoms with Crippen molar-refractivity contribution < 1.29 is 4.74 Å². The molecule has 3 rings (SSSR count). The number of aromatic nitrogens is 4. The lowest BCUT2D eigenvalue weighted by atomic mass is 10.0. The van der Waals surface area contributed by atoms with Crippen LogP contribution in [0.15, 0.2) is 24.8 Å². The Labute approximate surface area is 129 Å². The molecule has 3 heterocycles. The monoisotopic (exact) mass is 300 g/mol. The number of hydrogen-bond acceptors (Lipinski definition) is 7. The van der Waals surface area contributed by atoms with Gasteiger partial charge in [0.05, 0.1) is 12.3 Å². The van der Waals surface area contributed by atoms with Gasteiger partial charge in [-0.15, -0.1) is 0 Å². The minimum atomic E-state index is 0.383. The number of rotatable bonds is 5. The van der Waals surface area contributed by atoms with Crippen LogP contribution < -0.4 is 10.2 Å². The van der Waals surface area contributed by atoms with E-state index in [-0.39, 0.29) is 0 Å². The smallest absolute Gasteiger partial charge is 0.222 e. The van der Waals surface area contributed by atoms with Gasteiger partial charge in [0, 0.05) is 57.2 Å². The molecule has 7 nitrogen and oxygen atoms in total. The first-order valence-corrected chi connectivity index (χ1v) is 7.36. The first-order chi connectivity index (χ1) is 10.8. The van der Waals surface area contributed by atoms with Crippen LogP contribution in [0.4, 0.5) is 11.8 Å². The molecule has 1 fully saturated rings. The second-order valence-corrected chi connectivity index (χ2v) is 5.38. The molecule has 1 N–H and O–H groups in total. The molecule has 7 heteroatoms. The third kappa shape index (κ3) is 3.30. The highest BCUT2D eigenvalue weighted by molar-refractivity contribution is 5.39. The Kier molecular flexibility index (Phi) is 4.43. The summed E-state index contributed by atoms with van der Waals surface area (Å²) in [5, 5.41) is 2.91. The van der Waals surface area contributed by atoms with Crippen molar-refractivity contribution in [2.24, 2.45) is 0 Å². The van der Waals surface area contributed by atoms with Crippen LogP contribution in [-0.4, -0.2) is 47.2 Å². The molecule has 0 bridgehead atoms. The highest BCUT2D eigenvalue weighted by atomic mass is 16.5. The van der Waals surface area contributed by atoms with Gasteiger partial charge in [0.15, 0.2) is 0 Å². The summed E-state index contributed by atoms with van der Waals surface area (Å²) in [6, 6.07) is 2.04. The fourth-order valence-corrected chi connectivity index (χ4v) is 2.48. The maximum atomic E-state index is 5.43. The fraction of sp³-hybridized carbons (Fsp3) is 0.467. The number of nitrogens with one attached hydrogen (secondary N) is 1. The zero-order valence-electron chi connectivity index (χ0n) is 12.9. The quantitative estimate of drug-likeness (QED) is 0.895. The molecular formula is C15H20N6O. The molecule has 1 aliphatic rings. The van der Waals surface area contributed by atoms with Crippen molar-refractivity contribution in [3.63, 3.8) is 0 Å². The van der Waals surface area contributed by atoms with E-state index < -0.39 is 0 Å². The van der Waals surface area contributed by atoms with Gasteiger partial charge in [0.2, 0.25) is 5.95 Å².